The van der Waals surface area contributed by atoms with Crippen molar-refractivity contribution >= 4 is 29.3 Å². The standard InChI is InChI=1S/C3H8Cl2NP/c1-3-6(2)7(4)5/h3H2,1-2H3. The van der Waals surface area contributed by atoms with Crippen molar-refractivity contribution in [3.05, 3.63) is 0 Å². The molecule has 4 heteroatoms. The van der Waals surface area contributed by atoms with Crippen LogP contribution in [0.5, 0.6) is 0 Å². The van der Waals surface area contributed by atoms with Gasteiger partial charge in [-0.1, -0.05) is 29.4 Å². The molecule has 0 aromatic rings. The van der Waals surface area contributed by atoms with E-state index in [9.17, 15) is 0 Å². The fraction of sp³-hybridized carbons (Fsp3) is 1.00. The van der Waals surface area contributed by atoms with Crippen molar-refractivity contribution in [2.24, 2.45) is 0 Å². The average Bonchev–Trinajstić information content (AvgIpc) is 1.65. The SMILES string of the molecule is CCN(C)P(Cl)Cl. The summed E-state index contributed by atoms with van der Waals surface area (Å²) >= 11 is 11.0. The van der Waals surface area contributed by atoms with E-state index in [0.29, 0.717) is 0 Å². The highest BCUT2D eigenvalue weighted by Crippen LogP contribution is 2.48. The zero-order chi connectivity index (χ0) is 5.86. The molecular formula is C3H8Cl2NP. The second kappa shape index (κ2) is 3.91. The number of rotatable bonds is 2. The minimum atomic E-state index is -0.884. The number of hydrogen-bond donors (Lipinski definition) is 0. The molecule has 0 unspecified atom stereocenters. The van der Waals surface area contributed by atoms with Crippen LogP contribution in [-0.4, -0.2) is 18.3 Å². The van der Waals surface area contributed by atoms with E-state index in [1.807, 2.05) is 18.6 Å². The molecule has 0 heterocycles. The zero-order valence-corrected chi connectivity index (χ0v) is 6.76. The minimum Gasteiger partial charge on any atom is -0.261 e. The lowest BCUT2D eigenvalue weighted by molar-refractivity contribution is 0.596. The quantitative estimate of drug-likeness (QED) is 0.561. The Kier molecular flexibility index (Phi) is 4.45. The Balaban J connectivity index is 3.14. The van der Waals surface area contributed by atoms with Gasteiger partial charge < -0.3 is 0 Å². The van der Waals surface area contributed by atoms with Crippen LogP contribution in [0.4, 0.5) is 0 Å². The molecule has 0 amide bonds. The van der Waals surface area contributed by atoms with Gasteiger partial charge in [-0.2, -0.15) is 0 Å². The summed E-state index contributed by atoms with van der Waals surface area (Å²) in [5, 5.41) is 0. The predicted octanol–water partition coefficient (Wildman–Crippen LogP) is 2.64. The third-order valence-corrected chi connectivity index (χ3v) is 3.06. The van der Waals surface area contributed by atoms with E-state index < -0.39 is 6.78 Å². The van der Waals surface area contributed by atoms with Crippen molar-refractivity contribution in [1.82, 2.24) is 4.67 Å². The summed E-state index contributed by atoms with van der Waals surface area (Å²) in [6.45, 7) is 2.05. The first kappa shape index (κ1) is 7.97. The Morgan fingerprint density at radius 2 is 2.00 bits per heavy atom. The van der Waals surface area contributed by atoms with Gasteiger partial charge in [-0.15, -0.1) is 0 Å². The lowest BCUT2D eigenvalue weighted by Crippen LogP contribution is -2.04. The highest BCUT2D eigenvalue weighted by atomic mass is 35.9. The summed E-state index contributed by atoms with van der Waals surface area (Å²) in [5.41, 5.74) is 0. The van der Waals surface area contributed by atoms with Crippen molar-refractivity contribution in [3.63, 3.8) is 0 Å². The van der Waals surface area contributed by atoms with Crippen LogP contribution in [0.25, 0.3) is 0 Å². The fourth-order valence-electron chi connectivity index (χ4n) is 0.107. The van der Waals surface area contributed by atoms with Gasteiger partial charge in [-0.25, -0.2) is 0 Å². The van der Waals surface area contributed by atoms with Crippen molar-refractivity contribution < 1.29 is 0 Å². The van der Waals surface area contributed by atoms with Crippen molar-refractivity contribution in [2.45, 2.75) is 6.92 Å². The molecule has 0 fully saturated rings. The van der Waals surface area contributed by atoms with Crippen LogP contribution in [0.2, 0.25) is 0 Å². The third-order valence-electron chi connectivity index (χ3n) is 0.716. The first-order valence-electron chi connectivity index (χ1n) is 2.01. The molecule has 44 valence electrons. The van der Waals surface area contributed by atoms with E-state index in [0.717, 1.165) is 6.54 Å². The highest BCUT2D eigenvalue weighted by Gasteiger charge is 2.02. The molecule has 1 nitrogen and oxygen atoms in total. The molecule has 0 aliphatic heterocycles. The molecule has 0 aromatic carbocycles. The molecule has 0 N–H and O–H groups in total. The molecular weight excluding hydrogens is 152 g/mol. The van der Waals surface area contributed by atoms with Gasteiger partial charge in [0.1, 0.15) is 0 Å². The van der Waals surface area contributed by atoms with E-state index in [1.54, 1.807) is 0 Å². The average molecular weight is 160 g/mol. The van der Waals surface area contributed by atoms with Crippen LogP contribution in [-0.2, 0) is 0 Å². The maximum absolute atomic E-state index is 5.48. The van der Waals surface area contributed by atoms with Gasteiger partial charge >= 0.3 is 0 Å². The molecule has 0 atom stereocenters. The summed E-state index contributed by atoms with van der Waals surface area (Å²) in [7, 11) is 1.89. The van der Waals surface area contributed by atoms with Gasteiger partial charge in [-0.05, 0) is 7.05 Å². The molecule has 0 aromatic heterocycles. The number of nitrogens with zero attached hydrogens (tertiary/aromatic N) is 1. The van der Waals surface area contributed by atoms with Crippen molar-refractivity contribution in [3.8, 4) is 0 Å². The lowest BCUT2D eigenvalue weighted by Gasteiger charge is -2.11. The Hall–Kier alpha value is 0.970. The Morgan fingerprint density at radius 3 is 2.00 bits per heavy atom. The van der Waals surface area contributed by atoms with Gasteiger partial charge in [0.2, 0.25) is 0 Å². The van der Waals surface area contributed by atoms with Crippen LogP contribution in [0.3, 0.4) is 0 Å². The topological polar surface area (TPSA) is 3.24 Å². The van der Waals surface area contributed by atoms with Crippen molar-refractivity contribution in [1.29, 1.82) is 0 Å². The maximum Gasteiger partial charge on any atom is 0.159 e. The maximum atomic E-state index is 5.48. The van der Waals surface area contributed by atoms with Crippen LogP contribution in [0.1, 0.15) is 6.92 Å². The largest absolute Gasteiger partial charge is 0.261 e. The molecule has 0 spiro atoms. The third kappa shape index (κ3) is 3.54. The van der Waals surface area contributed by atoms with Crippen LogP contribution in [0, 0.1) is 0 Å². The first-order chi connectivity index (χ1) is 3.18. The molecule has 0 bridgehead atoms. The summed E-state index contributed by atoms with van der Waals surface area (Å²) in [4.78, 5) is 0. The van der Waals surface area contributed by atoms with Crippen LogP contribution >= 0.6 is 29.3 Å². The Bertz CT molecular complexity index is 50.2. The Morgan fingerprint density at radius 1 is 1.57 bits per heavy atom. The molecule has 7 heavy (non-hydrogen) atoms. The smallest absolute Gasteiger partial charge is 0.159 e. The molecule has 0 saturated carbocycles. The van der Waals surface area contributed by atoms with Gasteiger partial charge in [0.15, 0.2) is 6.78 Å². The second-order valence-electron chi connectivity index (χ2n) is 1.19. The van der Waals surface area contributed by atoms with E-state index in [2.05, 4.69) is 0 Å². The molecule has 0 saturated heterocycles. The molecule has 0 aliphatic carbocycles. The zero-order valence-electron chi connectivity index (χ0n) is 4.36. The first-order valence-corrected chi connectivity index (χ1v) is 5.11. The lowest BCUT2D eigenvalue weighted by atomic mass is 10.8. The fourth-order valence-corrected chi connectivity index (χ4v) is 0.962. The van der Waals surface area contributed by atoms with E-state index >= 15 is 0 Å². The van der Waals surface area contributed by atoms with Gasteiger partial charge in [0.05, 0.1) is 0 Å². The summed E-state index contributed by atoms with van der Waals surface area (Å²) in [5.74, 6) is 0. The summed E-state index contributed by atoms with van der Waals surface area (Å²) in [6, 6.07) is 0. The van der Waals surface area contributed by atoms with Crippen molar-refractivity contribution in [2.75, 3.05) is 13.6 Å². The molecule has 0 aliphatic rings. The number of hydrogen-bond acceptors (Lipinski definition) is 1. The predicted molar refractivity (Wildman–Crippen MR) is 36.9 cm³/mol. The number of halogens is 2. The van der Waals surface area contributed by atoms with Crippen LogP contribution < -0.4 is 0 Å². The normalized spacial score (nSPS) is 11.1. The summed E-state index contributed by atoms with van der Waals surface area (Å²) in [6.07, 6.45) is 0. The summed E-state index contributed by atoms with van der Waals surface area (Å²) < 4.78 is 1.89. The highest BCUT2D eigenvalue weighted by molar-refractivity contribution is 8.02. The van der Waals surface area contributed by atoms with Crippen LogP contribution in [0.15, 0.2) is 0 Å². The second-order valence-corrected chi connectivity index (χ2v) is 4.74. The van der Waals surface area contributed by atoms with Gasteiger partial charge in [0.25, 0.3) is 0 Å². The molecule has 0 radical (unpaired) electrons. The van der Waals surface area contributed by atoms with Gasteiger partial charge in [-0.3, -0.25) is 4.67 Å². The van der Waals surface area contributed by atoms with E-state index in [4.69, 9.17) is 22.5 Å². The van der Waals surface area contributed by atoms with E-state index in [1.165, 1.54) is 0 Å². The van der Waals surface area contributed by atoms with Gasteiger partial charge in [0, 0.05) is 6.54 Å². The molecule has 0 rings (SSSR count). The minimum absolute atomic E-state index is 0.884. The van der Waals surface area contributed by atoms with E-state index in [-0.39, 0.29) is 0 Å². The monoisotopic (exact) mass is 159 g/mol. The Labute approximate surface area is 55.0 Å².